The van der Waals surface area contributed by atoms with E-state index in [2.05, 4.69) is 10.1 Å². The van der Waals surface area contributed by atoms with E-state index < -0.39 is 6.72 Å². The lowest BCUT2D eigenvalue weighted by Gasteiger charge is -2.20. The van der Waals surface area contributed by atoms with Gasteiger partial charge in [-0.2, -0.15) is 0 Å². The van der Waals surface area contributed by atoms with Crippen LogP contribution in [0.1, 0.15) is 26.3 Å². The van der Waals surface area contributed by atoms with Crippen molar-refractivity contribution in [2.24, 2.45) is 0 Å². The van der Waals surface area contributed by atoms with Crippen LogP contribution >= 0.6 is 41.3 Å². The van der Waals surface area contributed by atoms with Gasteiger partial charge in [-0.15, -0.1) is 0 Å². The SMILES string of the molecule is CCO[P@](=O)(NC(C)C)SCc1cc(Cl)nc(Cl)c1. The summed E-state index contributed by atoms with van der Waals surface area (Å²) < 4.78 is 17.9. The Hall–Kier alpha value is 0.230. The zero-order valence-electron chi connectivity index (χ0n) is 11.0. The fourth-order valence-corrected chi connectivity index (χ4v) is 5.90. The number of hydrogen-bond donors (Lipinski definition) is 1. The van der Waals surface area contributed by atoms with Crippen molar-refractivity contribution in [1.82, 2.24) is 10.1 Å². The maximum absolute atomic E-state index is 12.5. The van der Waals surface area contributed by atoms with Crippen molar-refractivity contribution in [3.8, 4) is 0 Å². The third kappa shape index (κ3) is 6.48. The summed E-state index contributed by atoms with van der Waals surface area (Å²) in [5.41, 5.74) is 0.862. The van der Waals surface area contributed by atoms with Gasteiger partial charge in [0.15, 0.2) is 0 Å². The molecule has 1 aromatic rings. The van der Waals surface area contributed by atoms with Gasteiger partial charge in [0.2, 0.25) is 0 Å². The molecule has 0 aliphatic heterocycles. The monoisotopic (exact) mass is 342 g/mol. The molecule has 0 bridgehead atoms. The van der Waals surface area contributed by atoms with Crippen LogP contribution in [-0.4, -0.2) is 17.6 Å². The van der Waals surface area contributed by atoms with E-state index in [1.807, 2.05) is 20.8 Å². The van der Waals surface area contributed by atoms with Gasteiger partial charge in [-0.05, 0) is 49.8 Å². The molecule has 4 nitrogen and oxygen atoms in total. The number of pyridine rings is 1. The normalized spacial score (nSPS) is 14.6. The summed E-state index contributed by atoms with van der Waals surface area (Å²) in [5, 5.41) is 3.62. The molecular weight excluding hydrogens is 326 g/mol. The lowest BCUT2D eigenvalue weighted by Crippen LogP contribution is -2.19. The predicted molar refractivity (Wildman–Crippen MR) is 83.1 cm³/mol. The predicted octanol–water partition coefficient (Wildman–Crippen LogP) is 4.76. The highest BCUT2D eigenvalue weighted by atomic mass is 35.5. The van der Waals surface area contributed by atoms with Crippen LogP contribution in [0.2, 0.25) is 10.3 Å². The zero-order valence-corrected chi connectivity index (χ0v) is 14.2. The molecule has 0 radical (unpaired) electrons. The number of aromatic nitrogens is 1. The van der Waals surface area contributed by atoms with Crippen LogP contribution in [0.15, 0.2) is 12.1 Å². The highest BCUT2D eigenvalue weighted by molar-refractivity contribution is 8.55. The van der Waals surface area contributed by atoms with Gasteiger partial charge in [0.05, 0.1) is 6.61 Å². The average Bonchev–Trinajstić information content (AvgIpc) is 2.24. The van der Waals surface area contributed by atoms with E-state index in [0.29, 0.717) is 22.7 Å². The summed E-state index contributed by atoms with van der Waals surface area (Å²) >= 11 is 12.9. The van der Waals surface area contributed by atoms with Gasteiger partial charge in [0.25, 0.3) is 0 Å². The van der Waals surface area contributed by atoms with E-state index in [9.17, 15) is 4.57 Å². The highest BCUT2D eigenvalue weighted by Gasteiger charge is 2.24. The molecule has 0 aliphatic rings. The Labute approximate surface area is 127 Å². The smallest absolute Gasteiger partial charge is 0.310 e. The van der Waals surface area contributed by atoms with E-state index in [1.165, 1.54) is 11.4 Å². The molecule has 0 aromatic carbocycles. The number of hydrogen-bond acceptors (Lipinski definition) is 4. The van der Waals surface area contributed by atoms with Crippen LogP contribution < -0.4 is 5.09 Å². The van der Waals surface area contributed by atoms with Crippen LogP contribution in [0, 0.1) is 0 Å². The first-order valence-electron chi connectivity index (χ1n) is 5.83. The Morgan fingerprint density at radius 1 is 1.42 bits per heavy atom. The molecule has 0 spiro atoms. The lowest BCUT2D eigenvalue weighted by molar-refractivity contribution is 0.335. The second kappa shape index (κ2) is 7.87. The topological polar surface area (TPSA) is 51.2 Å². The second-order valence-electron chi connectivity index (χ2n) is 4.09. The Kier molecular flexibility index (Phi) is 7.15. The molecule has 19 heavy (non-hydrogen) atoms. The van der Waals surface area contributed by atoms with E-state index in [-0.39, 0.29) is 6.04 Å². The largest absolute Gasteiger partial charge is 0.327 e. The molecule has 108 valence electrons. The summed E-state index contributed by atoms with van der Waals surface area (Å²) in [4.78, 5) is 3.87. The average molecular weight is 343 g/mol. The maximum atomic E-state index is 12.5. The summed E-state index contributed by atoms with van der Waals surface area (Å²) in [6, 6.07) is 3.48. The molecule has 0 unspecified atom stereocenters. The van der Waals surface area contributed by atoms with Crippen LogP contribution in [0.4, 0.5) is 0 Å². The van der Waals surface area contributed by atoms with E-state index in [1.54, 1.807) is 12.1 Å². The van der Waals surface area contributed by atoms with Crippen molar-refractivity contribution in [2.75, 3.05) is 6.61 Å². The molecule has 1 rings (SSSR count). The van der Waals surface area contributed by atoms with Gasteiger partial charge in [0, 0.05) is 11.8 Å². The first kappa shape index (κ1) is 17.3. The fourth-order valence-electron chi connectivity index (χ4n) is 1.36. The number of nitrogens with zero attached hydrogens (tertiary/aromatic N) is 1. The van der Waals surface area contributed by atoms with Crippen molar-refractivity contribution in [3.05, 3.63) is 28.0 Å². The quantitative estimate of drug-likeness (QED) is 0.571. The van der Waals surface area contributed by atoms with Gasteiger partial charge < -0.3 is 4.52 Å². The molecule has 8 heteroatoms. The van der Waals surface area contributed by atoms with Crippen LogP contribution in [-0.2, 0) is 14.8 Å². The molecule has 0 saturated heterocycles. The van der Waals surface area contributed by atoms with Crippen molar-refractivity contribution < 1.29 is 9.09 Å². The number of rotatable bonds is 7. The highest BCUT2D eigenvalue weighted by Crippen LogP contribution is 2.57. The maximum Gasteiger partial charge on any atom is 0.327 e. The minimum Gasteiger partial charge on any atom is -0.310 e. The number of nitrogens with one attached hydrogen (secondary N) is 1. The third-order valence-corrected chi connectivity index (χ3v) is 6.60. The van der Waals surface area contributed by atoms with E-state index in [4.69, 9.17) is 27.7 Å². The zero-order chi connectivity index (χ0) is 14.5. The van der Waals surface area contributed by atoms with Crippen LogP contribution in [0.25, 0.3) is 0 Å². The summed E-state index contributed by atoms with van der Waals surface area (Å²) in [7, 11) is 0. The van der Waals surface area contributed by atoms with E-state index in [0.717, 1.165) is 5.56 Å². The molecule has 0 saturated carbocycles. The Morgan fingerprint density at radius 3 is 2.47 bits per heavy atom. The summed E-state index contributed by atoms with van der Waals surface area (Å²) in [6.07, 6.45) is 0. The molecule has 1 aromatic heterocycles. The molecular formula is C11H17Cl2N2O2PS. The minimum atomic E-state index is -2.91. The van der Waals surface area contributed by atoms with Crippen LogP contribution in [0.5, 0.6) is 0 Å². The molecule has 0 fully saturated rings. The van der Waals surface area contributed by atoms with Gasteiger partial charge in [-0.3, -0.25) is 4.57 Å². The molecule has 0 aliphatic carbocycles. The summed E-state index contributed by atoms with van der Waals surface area (Å²) in [5.74, 6) is 0.485. The first-order chi connectivity index (χ1) is 8.84. The first-order valence-corrected chi connectivity index (χ1v) is 9.80. The number of halogens is 2. The molecule has 1 atom stereocenters. The van der Waals surface area contributed by atoms with Crippen molar-refractivity contribution in [2.45, 2.75) is 32.6 Å². The fraction of sp³-hybridized carbons (Fsp3) is 0.545. The van der Waals surface area contributed by atoms with Gasteiger partial charge in [-0.1, -0.05) is 23.2 Å². The van der Waals surface area contributed by atoms with Gasteiger partial charge >= 0.3 is 6.72 Å². The van der Waals surface area contributed by atoms with Crippen molar-refractivity contribution in [1.29, 1.82) is 0 Å². The Balaban J connectivity index is 2.73. The molecule has 1 N–H and O–H groups in total. The van der Waals surface area contributed by atoms with Crippen LogP contribution in [0.3, 0.4) is 0 Å². The third-order valence-electron chi connectivity index (χ3n) is 1.94. The summed E-state index contributed by atoms with van der Waals surface area (Å²) in [6.45, 7) is 3.14. The second-order valence-corrected chi connectivity index (χ2v) is 9.14. The molecule has 1 heterocycles. The Morgan fingerprint density at radius 2 is 2.00 bits per heavy atom. The van der Waals surface area contributed by atoms with Crippen molar-refractivity contribution in [3.63, 3.8) is 0 Å². The molecule has 0 amide bonds. The standard InChI is InChI=1S/C11H17Cl2N2O2PS/c1-4-17-18(16,15-8(2)3)19-7-9-5-10(12)14-11(13)6-9/h5-6,8H,4,7H2,1-3H3,(H,15,16)/t18-/m1/s1. The van der Waals surface area contributed by atoms with Crippen molar-refractivity contribution >= 4 is 41.3 Å². The van der Waals surface area contributed by atoms with Gasteiger partial charge in [-0.25, -0.2) is 10.1 Å². The minimum absolute atomic E-state index is 0.0782. The van der Waals surface area contributed by atoms with Gasteiger partial charge in [0.1, 0.15) is 10.3 Å². The lowest BCUT2D eigenvalue weighted by atomic mass is 10.3. The Bertz CT molecular complexity index is 454. The van der Waals surface area contributed by atoms with E-state index >= 15 is 0 Å².